The number of nitrogens with one attached hydrogen (secondary N) is 1. The van der Waals surface area contributed by atoms with Crippen LogP contribution in [0, 0.1) is 0 Å². The zero-order chi connectivity index (χ0) is 13.8. The van der Waals surface area contributed by atoms with Gasteiger partial charge in [-0.3, -0.25) is 4.79 Å². The van der Waals surface area contributed by atoms with E-state index in [-0.39, 0.29) is 5.78 Å². The second-order valence-corrected chi connectivity index (χ2v) is 6.12. The van der Waals surface area contributed by atoms with Crippen LogP contribution < -0.4 is 5.32 Å². The van der Waals surface area contributed by atoms with Gasteiger partial charge in [0.25, 0.3) is 0 Å². The molecule has 2 aromatic rings. The fourth-order valence-electron chi connectivity index (χ4n) is 2.59. The van der Waals surface area contributed by atoms with Crippen LogP contribution in [0.2, 0.25) is 0 Å². The first-order valence-corrected chi connectivity index (χ1v) is 7.74. The molecule has 20 heavy (non-hydrogen) atoms. The lowest BCUT2D eigenvalue weighted by Gasteiger charge is -2.23. The number of carbonyl (C=O) groups is 1. The predicted octanol–water partition coefficient (Wildman–Crippen LogP) is 3.87. The van der Waals surface area contributed by atoms with E-state index in [4.69, 9.17) is 0 Å². The van der Waals surface area contributed by atoms with Crippen molar-refractivity contribution in [1.29, 1.82) is 0 Å². The van der Waals surface area contributed by atoms with Gasteiger partial charge in [0, 0.05) is 29.6 Å². The highest BCUT2D eigenvalue weighted by Gasteiger charge is 2.21. The van der Waals surface area contributed by atoms with E-state index in [2.05, 4.69) is 35.0 Å². The standard InChI is InChI=1S/C17H17NOS/c19-16-10-14(13-5-2-1-3-6-13)9-15(11-16)18-12-17-7-4-8-20-17/h1-8,11,14,18H,9-10,12H2/t14-/m1/s1. The first-order valence-electron chi connectivity index (χ1n) is 6.86. The lowest BCUT2D eigenvalue weighted by Crippen LogP contribution is -2.21. The van der Waals surface area contributed by atoms with Crippen molar-refractivity contribution in [2.45, 2.75) is 25.3 Å². The zero-order valence-electron chi connectivity index (χ0n) is 11.2. The van der Waals surface area contributed by atoms with Gasteiger partial charge in [-0.05, 0) is 29.3 Å². The highest BCUT2D eigenvalue weighted by molar-refractivity contribution is 7.09. The van der Waals surface area contributed by atoms with Gasteiger partial charge in [0.15, 0.2) is 5.78 Å². The van der Waals surface area contributed by atoms with E-state index in [1.165, 1.54) is 10.4 Å². The van der Waals surface area contributed by atoms with Crippen LogP contribution in [0.5, 0.6) is 0 Å². The Morgan fingerprint density at radius 3 is 2.70 bits per heavy atom. The number of hydrogen-bond donors (Lipinski definition) is 1. The third-order valence-corrected chi connectivity index (χ3v) is 4.47. The lowest BCUT2D eigenvalue weighted by atomic mass is 9.85. The van der Waals surface area contributed by atoms with Gasteiger partial charge in [0.1, 0.15) is 0 Å². The third-order valence-electron chi connectivity index (χ3n) is 3.59. The Balaban J connectivity index is 1.68. The average Bonchev–Trinajstić information content (AvgIpc) is 2.99. The van der Waals surface area contributed by atoms with Gasteiger partial charge in [-0.2, -0.15) is 0 Å². The number of rotatable bonds is 4. The van der Waals surface area contributed by atoms with Gasteiger partial charge in [-0.15, -0.1) is 11.3 Å². The number of hydrogen-bond acceptors (Lipinski definition) is 3. The summed E-state index contributed by atoms with van der Waals surface area (Å²) in [6.45, 7) is 0.804. The van der Waals surface area contributed by atoms with Crippen molar-refractivity contribution in [1.82, 2.24) is 5.32 Å². The van der Waals surface area contributed by atoms with Crippen molar-refractivity contribution in [3.05, 3.63) is 70.1 Å². The molecule has 0 unspecified atom stereocenters. The summed E-state index contributed by atoms with van der Waals surface area (Å²) in [4.78, 5) is 13.2. The van der Waals surface area contributed by atoms with Crippen LogP contribution in [-0.4, -0.2) is 5.78 Å². The SMILES string of the molecule is O=C1C=C(NCc2cccs2)C[C@@H](c2ccccc2)C1. The van der Waals surface area contributed by atoms with Crippen molar-refractivity contribution in [2.24, 2.45) is 0 Å². The van der Waals surface area contributed by atoms with Gasteiger partial charge in [0.2, 0.25) is 0 Å². The molecule has 0 fully saturated rings. The molecule has 0 saturated carbocycles. The second-order valence-electron chi connectivity index (χ2n) is 5.08. The summed E-state index contributed by atoms with van der Waals surface area (Å²) < 4.78 is 0. The molecular weight excluding hydrogens is 266 g/mol. The Hall–Kier alpha value is -1.87. The maximum atomic E-state index is 11.9. The molecule has 1 atom stereocenters. The van der Waals surface area contributed by atoms with Gasteiger partial charge < -0.3 is 5.32 Å². The summed E-state index contributed by atoms with van der Waals surface area (Å²) >= 11 is 1.73. The highest BCUT2D eigenvalue weighted by atomic mass is 32.1. The molecule has 0 spiro atoms. The quantitative estimate of drug-likeness (QED) is 0.923. The van der Waals surface area contributed by atoms with Crippen molar-refractivity contribution < 1.29 is 4.79 Å². The summed E-state index contributed by atoms with van der Waals surface area (Å²) in [6, 6.07) is 14.5. The topological polar surface area (TPSA) is 29.1 Å². The number of ketones is 1. The summed E-state index contributed by atoms with van der Waals surface area (Å²) in [6.07, 6.45) is 3.31. The molecule has 0 amide bonds. The van der Waals surface area contributed by atoms with Crippen LogP contribution in [0.25, 0.3) is 0 Å². The van der Waals surface area contributed by atoms with Crippen molar-refractivity contribution in [2.75, 3.05) is 0 Å². The highest BCUT2D eigenvalue weighted by Crippen LogP contribution is 2.30. The van der Waals surface area contributed by atoms with Gasteiger partial charge in [-0.25, -0.2) is 0 Å². The predicted molar refractivity (Wildman–Crippen MR) is 82.7 cm³/mol. The molecule has 1 aromatic carbocycles. The molecule has 3 heteroatoms. The fraction of sp³-hybridized carbons (Fsp3) is 0.235. The minimum Gasteiger partial charge on any atom is -0.383 e. The minimum absolute atomic E-state index is 0.221. The molecule has 2 nitrogen and oxygen atoms in total. The molecule has 1 aliphatic carbocycles. The number of thiophene rings is 1. The summed E-state index contributed by atoms with van der Waals surface area (Å²) in [7, 11) is 0. The van der Waals surface area contributed by atoms with E-state index >= 15 is 0 Å². The van der Waals surface area contributed by atoms with Crippen LogP contribution in [0.4, 0.5) is 0 Å². The number of benzene rings is 1. The summed E-state index contributed by atoms with van der Waals surface area (Å²) in [5.41, 5.74) is 2.31. The first kappa shape index (κ1) is 13.1. The zero-order valence-corrected chi connectivity index (χ0v) is 12.0. The molecule has 1 aromatic heterocycles. The lowest BCUT2D eigenvalue weighted by molar-refractivity contribution is -0.115. The van der Waals surface area contributed by atoms with Crippen LogP contribution in [0.15, 0.2) is 59.6 Å². The van der Waals surface area contributed by atoms with E-state index < -0.39 is 0 Å². The average molecular weight is 283 g/mol. The first-order chi connectivity index (χ1) is 9.81. The molecule has 0 bridgehead atoms. The smallest absolute Gasteiger partial charge is 0.158 e. The van der Waals surface area contributed by atoms with E-state index in [9.17, 15) is 4.79 Å². The van der Waals surface area contributed by atoms with Crippen molar-refractivity contribution in [3.8, 4) is 0 Å². The molecular formula is C17H17NOS. The summed E-state index contributed by atoms with van der Waals surface area (Å²) in [5, 5.41) is 5.48. The molecule has 1 heterocycles. The normalized spacial score (nSPS) is 18.7. The Labute approximate surface area is 123 Å². The van der Waals surface area contributed by atoms with E-state index in [0.717, 1.165) is 18.7 Å². The molecule has 1 aliphatic rings. The third kappa shape index (κ3) is 3.17. The maximum Gasteiger partial charge on any atom is 0.158 e. The summed E-state index contributed by atoms with van der Waals surface area (Å²) in [5.74, 6) is 0.526. The maximum absolute atomic E-state index is 11.9. The largest absolute Gasteiger partial charge is 0.383 e. The van der Waals surface area contributed by atoms with E-state index in [1.54, 1.807) is 17.4 Å². The second kappa shape index (κ2) is 6.06. The van der Waals surface area contributed by atoms with Crippen molar-refractivity contribution in [3.63, 3.8) is 0 Å². The Morgan fingerprint density at radius 1 is 1.10 bits per heavy atom. The van der Waals surface area contributed by atoms with Gasteiger partial charge >= 0.3 is 0 Å². The molecule has 3 rings (SSSR count). The van der Waals surface area contributed by atoms with Gasteiger partial charge in [-0.1, -0.05) is 36.4 Å². The van der Waals surface area contributed by atoms with Gasteiger partial charge in [0.05, 0.1) is 0 Å². The molecule has 1 N–H and O–H groups in total. The number of allylic oxidation sites excluding steroid dienone is 2. The molecule has 0 radical (unpaired) electrons. The van der Waals surface area contributed by atoms with Crippen LogP contribution in [0.3, 0.4) is 0 Å². The molecule has 0 saturated heterocycles. The van der Waals surface area contributed by atoms with E-state index in [0.29, 0.717) is 12.3 Å². The Morgan fingerprint density at radius 2 is 1.95 bits per heavy atom. The molecule has 102 valence electrons. The minimum atomic E-state index is 0.221. The van der Waals surface area contributed by atoms with Crippen LogP contribution in [-0.2, 0) is 11.3 Å². The fourth-order valence-corrected chi connectivity index (χ4v) is 3.24. The van der Waals surface area contributed by atoms with Crippen molar-refractivity contribution >= 4 is 17.1 Å². The number of carbonyl (C=O) groups excluding carboxylic acids is 1. The van der Waals surface area contributed by atoms with Crippen LogP contribution >= 0.6 is 11.3 Å². The Kier molecular flexibility index (Phi) is 3.97. The van der Waals surface area contributed by atoms with E-state index in [1.807, 2.05) is 18.2 Å². The molecule has 0 aliphatic heterocycles. The Bertz CT molecular complexity index is 601. The monoisotopic (exact) mass is 283 g/mol. The van der Waals surface area contributed by atoms with Crippen LogP contribution in [0.1, 0.15) is 29.2 Å².